The summed E-state index contributed by atoms with van der Waals surface area (Å²) in [4.78, 5) is 12.2. The molecule has 0 atom stereocenters. The Morgan fingerprint density at radius 2 is 1.81 bits per heavy atom. The number of amides is 1. The van der Waals surface area contributed by atoms with Crippen LogP contribution in [-0.2, 0) is 4.79 Å². The maximum absolute atomic E-state index is 12.2. The van der Waals surface area contributed by atoms with Crippen LogP contribution in [0.3, 0.4) is 0 Å². The molecule has 2 aromatic rings. The quantitative estimate of drug-likeness (QED) is 0.730. The molecule has 2 aromatic carbocycles. The maximum atomic E-state index is 12.2. The molecule has 106 valence electrons. The number of anilines is 1. The molecule has 0 aliphatic carbocycles. The summed E-state index contributed by atoms with van der Waals surface area (Å²) in [5.74, 6) is 0.618. The van der Waals surface area contributed by atoms with Crippen LogP contribution in [0.4, 0.5) is 5.69 Å². The summed E-state index contributed by atoms with van der Waals surface area (Å²) in [5, 5.41) is 2.87. The molecule has 0 saturated carbocycles. The first kappa shape index (κ1) is 14.4. The Hall–Kier alpha value is -1.59. The highest BCUT2D eigenvalue weighted by molar-refractivity contribution is 9.10. The first-order valence-corrected chi connectivity index (χ1v) is 7.83. The van der Waals surface area contributed by atoms with Gasteiger partial charge in [-0.15, -0.1) is 0 Å². The number of carbonyl (C=O) groups is 1. The van der Waals surface area contributed by atoms with Crippen LogP contribution in [0, 0.1) is 0 Å². The fraction of sp³-hybridized carbons (Fsp3) is 0.0625. The maximum Gasteiger partial charge on any atom is 0.256 e. The van der Waals surface area contributed by atoms with Gasteiger partial charge in [0.05, 0.1) is 7.11 Å². The fourth-order valence-corrected chi connectivity index (χ4v) is 3.02. The first-order valence-electron chi connectivity index (χ1n) is 6.25. The third kappa shape index (κ3) is 2.76. The number of halogens is 2. The van der Waals surface area contributed by atoms with Gasteiger partial charge in [0, 0.05) is 31.3 Å². The lowest BCUT2D eigenvalue weighted by Crippen LogP contribution is -2.03. The summed E-state index contributed by atoms with van der Waals surface area (Å²) >= 11 is 6.88. The lowest BCUT2D eigenvalue weighted by Gasteiger charge is -2.06. The van der Waals surface area contributed by atoms with E-state index in [1.807, 2.05) is 42.5 Å². The number of nitrogens with one attached hydrogen (secondary N) is 1. The van der Waals surface area contributed by atoms with Crippen molar-refractivity contribution in [3.8, 4) is 5.75 Å². The molecule has 0 radical (unpaired) electrons. The van der Waals surface area contributed by atoms with Gasteiger partial charge < -0.3 is 10.1 Å². The molecule has 21 heavy (non-hydrogen) atoms. The van der Waals surface area contributed by atoms with Gasteiger partial charge in [0.15, 0.2) is 0 Å². The van der Waals surface area contributed by atoms with E-state index in [1.54, 1.807) is 7.11 Å². The number of hydrogen-bond acceptors (Lipinski definition) is 2. The van der Waals surface area contributed by atoms with Crippen molar-refractivity contribution in [3.05, 3.63) is 56.5 Å². The zero-order valence-corrected chi connectivity index (χ0v) is 14.3. The van der Waals surface area contributed by atoms with Crippen LogP contribution in [0.2, 0.25) is 0 Å². The second-order valence-electron chi connectivity index (χ2n) is 4.59. The molecule has 0 aromatic heterocycles. The topological polar surface area (TPSA) is 38.3 Å². The number of fused-ring (bicyclic) bond motifs is 1. The van der Waals surface area contributed by atoms with Crippen LogP contribution in [-0.4, -0.2) is 13.0 Å². The van der Waals surface area contributed by atoms with E-state index in [1.165, 1.54) is 0 Å². The van der Waals surface area contributed by atoms with E-state index >= 15 is 0 Å². The highest BCUT2D eigenvalue weighted by Crippen LogP contribution is 2.36. The summed E-state index contributed by atoms with van der Waals surface area (Å²) in [6.07, 6.45) is 1.84. The molecule has 1 amide bonds. The second kappa shape index (κ2) is 5.66. The standard InChI is InChI=1S/C16H11Br2NO2/c1-21-15-5-3-10(17)6-9(15)7-13-12-8-11(18)2-4-14(12)19-16(13)20/h2-8H,1H3,(H,19,20). The smallest absolute Gasteiger partial charge is 0.256 e. The molecule has 3 rings (SSSR count). The molecule has 1 N–H and O–H groups in total. The molecular weight excluding hydrogens is 398 g/mol. The Kier molecular flexibility index (Phi) is 3.87. The van der Waals surface area contributed by atoms with Gasteiger partial charge in [-0.25, -0.2) is 0 Å². The molecule has 1 aliphatic heterocycles. The zero-order chi connectivity index (χ0) is 15.0. The van der Waals surface area contributed by atoms with E-state index in [2.05, 4.69) is 37.2 Å². The average Bonchev–Trinajstić information content (AvgIpc) is 2.75. The Balaban J connectivity index is 2.15. The van der Waals surface area contributed by atoms with Gasteiger partial charge in [-0.05, 0) is 42.5 Å². The van der Waals surface area contributed by atoms with E-state index in [-0.39, 0.29) is 5.91 Å². The van der Waals surface area contributed by atoms with Crippen LogP contribution >= 0.6 is 31.9 Å². The van der Waals surface area contributed by atoms with Crippen molar-refractivity contribution in [3.63, 3.8) is 0 Å². The third-order valence-electron chi connectivity index (χ3n) is 3.26. The predicted molar refractivity (Wildman–Crippen MR) is 91.3 cm³/mol. The van der Waals surface area contributed by atoms with Crippen LogP contribution in [0.15, 0.2) is 45.3 Å². The largest absolute Gasteiger partial charge is 0.496 e. The number of benzene rings is 2. The fourth-order valence-electron chi connectivity index (χ4n) is 2.28. The SMILES string of the molecule is COc1ccc(Br)cc1C=C1C(=O)Nc2ccc(Br)cc21. The van der Waals surface area contributed by atoms with Gasteiger partial charge in [0.25, 0.3) is 5.91 Å². The minimum atomic E-state index is -0.106. The predicted octanol–water partition coefficient (Wildman–Crippen LogP) is 4.71. The molecule has 5 heteroatoms. The summed E-state index contributed by atoms with van der Waals surface area (Å²) in [7, 11) is 1.62. The molecule has 0 fully saturated rings. The lowest BCUT2D eigenvalue weighted by molar-refractivity contribution is -0.110. The van der Waals surface area contributed by atoms with Crippen LogP contribution in [0.1, 0.15) is 11.1 Å². The average molecular weight is 409 g/mol. The van der Waals surface area contributed by atoms with Crippen LogP contribution < -0.4 is 10.1 Å². The van der Waals surface area contributed by atoms with Gasteiger partial charge in [0.2, 0.25) is 0 Å². The summed E-state index contributed by atoms with van der Waals surface area (Å²) < 4.78 is 7.22. The number of methoxy groups -OCH3 is 1. The lowest BCUT2D eigenvalue weighted by atomic mass is 10.0. The molecule has 0 spiro atoms. The van der Waals surface area contributed by atoms with Crippen molar-refractivity contribution in [2.45, 2.75) is 0 Å². The van der Waals surface area contributed by atoms with E-state index < -0.39 is 0 Å². The Morgan fingerprint density at radius 3 is 2.57 bits per heavy atom. The van der Waals surface area contributed by atoms with E-state index in [9.17, 15) is 4.79 Å². The Bertz CT molecular complexity index is 769. The number of hydrogen-bond donors (Lipinski definition) is 1. The van der Waals surface area contributed by atoms with Crippen molar-refractivity contribution in [2.24, 2.45) is 0 Å². The minimum Gasteiger partial charge on any atom is -0.496 e. The van der Waals surface area contributed by atoms with E-state index in [0.717, 1.165) is 31.5 Å². The molecule has 1 aliphatic rings. The van der Waals surface area contributed by atoms with Gasteiger partial charge >= 0.3 is 0 Å². The van der Waals surface area contributed by atoms with Crippen molar-refractivity contribution in [1.29, 1.82) is 0 Å². The van der Waals surface area contributed by atoms with E-state index in [4.69, 9.17) is 4.74 Å². The molecule has 0 unspecified atom stereocenters. The van der Waals surface area contributed by atoms with Gasteiger partial charge in [-0.3, -0.25) is 4.79 Å². The molecular formula is C16H11Br2NO2. The number of carbonyl (C=O) groups excluding carboxylic acids is 1. The normalized spacial score (nSPS) is 15.0. The first-order chi connectivity index (χ1) is 10.1. The third-order valence-corrected chi connectivity index (χ3v) is 4.24. The number of rotatable bonds is 2. The Labute approximate surface area is 139 Å². The van der Waals surface area contributed by atoms with Gasteiger partial charge in [0.1, 0.15) is 5.75 Å². The highest BCUT2D eigenvalue weighted by atomic mass is 79.9. The highest BCUT2D eigenvalue weighted by Gasteiger charge is 2.24. The minimum absolute atomic E-state index is 0.106. The Morgan fingerprint density at radius 1 is 1.10 bits per heavy atom. The van der Waals surface area contributed by atoms with Gasteiger partial charge in [-0.1, -0.05) is 31.9 Å². The second-order valence-corrected chi connectivity index (χ2v) is 6.42. The monoisotopic (exact) mass is 407 g/mol. The van der Waals surface area contributed by atoms with E-state index in [0.29, 0.717) is 5.57 Å². The summed E-state index contributed by atoms with van der Waals surface area (Å²) in [6, 6.07) is 11.4. The van der Waals surface area contributed by atoms with Crippen molar-refractivity contribution < 1.29 is 9.53 Å². The van der Waals surface area contributed by atoms with Crippen molar-refractivity contribution in [2.75, 3.05) is 12.4 Å². The molecule has 0 saturated heterocycles. The zero-order valence-electron chi connectivity index (χ0n) is 11.1. The summed E-state index contributed by atoms with van der Waals surface area (Å²) in [6.45, 7) is 0. The van der Waals surface area contributed by atoms with Crippen LogP contribution in [0.25, 0.3) is 11.6 Å². The summed E-state index contributed by atoms with van der Waals surface area (Å²) in [5.41, 5.74) is 3.19. The number of ether oxygens (including phenoxy) is 1. The van der Waals surface area contributed by atoms with Crippen LogP contribution in [0.5, 0.6) is 5.75 Å². The van der Waals surface area contributed by atoms with Gasteiger partial charge in [-0.2, -0.15) is 0 Å². The van der Waals surface area contributed by atoms with Crippen molar-refractivity contribution >= 4 is 55.1 Å². The molecule has 3 nitrogen and oxygen atoms in total. The molecule has 1 heterocycles. The molecule has 0 bridgehead atoms. The van der Waals surface area contributed by atoms with Crippen molar-refractivity contribution in [1.82, 2.24) is 0 Å².